The molecule has 1 amide bonds. The molecule has 0 atom stereocenters. The lowest BCUT2D eigenvalue weighted by atomic mass is 10.2. The summed E-state index contributed by atoms with van der Waals surface area (Å²) in [7, 11) is 0. The Hall–Kier alpha value is -2.61. The van der Waals surface area contributed by atoms with Gasteiger partial charge in [-0.2, -0.15) is 0 Å². The summed E-state index contributed by atoms with van der Waals surface area (Å²) in [5, 5.41) is 11.9. The van der Waals surface area contributed by atoms with E-state index in [0.717, 1.165) is 23.1 Å². The quantitative estimate of drug-likeness (QED) is 0.641. The van der Waals surface area contributed by atoms with E-state index in [1.54, 1.807) is 0 Å². The fourth-order valence-electron chi connectivity index (χ4n) is 2.36. The lowest BCUT2D eigenvalue weighted by Gasteiger charge is -2.08. The van der Waals surface area contributed by atoms with E-state index in [4.69, 9.17) is 4.42 Å². The highest BCUT2D eigenvalue weighted by molar-refractivity contribution is 7.98. The summed E-state index contributed by atoms with van der Waals surface area (Å²) >= 11 is 1.46. The molecule has 3 rings (SSSR count). The van der Waals surface area contributed by atoms with Crippen LogP contribution in [0, 0.1) is 13.8 Å². The minimum Gasteiger partial charge on any atom is -0.447 e. The van der Waals surface area contributed by atoms with Gasteiger partial charge in [0.15, 0.2) is 10.9 Å². The van der Waals surface area contributed by atoms with Crippen LogP contribution in [0.2, 0.25) is 0 Å². The molecule has 1 aromatic carbocycles. The summed E-state index contributed by atoms with van der Waals surface area (Å²) in [6.45, 7) is 6.58. The maximum absolute atomic E-state index is 11.9. The van der Waals surface area contributed by atoms with Crippen molar-refractivity contribution in [3.63, 3.8) is 0 Å². The lowest BCUT2D eigenvalue weighted by Crippen LogP contribution is -2.24. The highest BCUT2D eigenvalue weighted by Crippen LogP contribution is 2.25. The normalized spacial score (nSPS) is 10.9. The number of thioether (sulfide) groups is 1. The zero-order valence-electron chi connectivity index (χ0n) is 15.0. The molecule has 0 unspecified atom stereocenters. The summed E-state index contributed by atoms with van der Waals surface area (Å²) in [4.78, 5) is 16.1. The van der Waals surface area contributed by atoms with Gasteiger partial charge in [-0.1, -0.05) is 36.4 Å². The van der Waals surface area contributed by atoms with Crippen molar-refractivity contribution in [2.45, 2.75) is 38.1 Å². The molecule has 8 heteroatoms. The van der Waals surface area contributed by atoms with E-state index in [1.165, 1.54) is 23.6 Å². The average Bonchev–Trinajstić information content (AvgIpc) is 3.25. The van der Waals surface area contributed by atoms with Gasteiger partial charge in [-0.3, -0.25) is 9.36 Å². The number of rotatable bonds is 7. The molecule has 0 spiro atoms. The Balaban J connectivity index is 1.70. The Bertz CT molecular complexity index is 885. The number of hydrogen-bond donors (Lipinski definition) is 1. The zero-order valence-corrected chi connectivity index (χ0v) is 15.8. The molecular formula is C18H21N5O2S. The Morgan fingerprint density at radius 1 is 1.23 bits per heavy atom. The van der Waals surface area contributed by atoms with Crippen LogP contribution in [0.1, 0.15) is 41.1 Å². The van der Waals surface area contributed by atoms with Crippen LogP contribution in [0.4, 0.5) is 0 Å². The third kappa shape index (κ3) is 4.13. The van der Waals surface area contributed by atoms with Crippen LogP contribution in [0.5, 0.6) is 0 Å². The van der Waals surface area contributed by atoms with Crippen LogP contribution in [0.25, 0.3) is 5.69 Å². The number of carbonyl (C=O) groups is 1. The van der Waals surface area contributed by atoms with E-state index in [9.17, 15) is 4.79 Å². The average molecular weight is 371 g/mol. The van der Waals surface area contributed by atoms with Crippen LogP contribution in [-0.2, 0) is 5.75 Å². The second-order valence-electron chi connectivity index (χ2n) is 5.87. The number of hydrogen-bond acceptors (Lipinski definition) is 6. The third-order valence-corrected chi connectivity index (χ3v) is 4.65. The standard InChI is InChI=1S/C18H21N5O2S/c1-4-9-19-17(24)15-10-25-16(20-15)11-26-18-22-21-13(3)23(18)14-7-5-12(2)6-8-14/h5-8,10H,4,9,11H2,1-3H3,(H,19,24). The number of amides is 1. The molecule has 0 aliphatic rings. The topological polar surface area (TPSA) is 85.8 Å². The number of nitrogens with one attached hydrogen (secondary N) is 1. The smallest absolute Gasteiger partial charge is 0.273 e. The van der Waals surface area contributed by atoms with Crippen LogP contribution < -0.4 is 5.32 Å². The predicted octanol–water partition coefficient (Wildman–Crippen LogP) is 3.30. The fraction of sp³-hybridized carbons (Fsp3) is 0.333. The van der Waals surface area contributed by atoms with Crippen molar-refractivity contribution in [3.05, 3.63) is 53.5 Å². The molecule has 7 nitrogen and oxygen atoms in total. The van der Waals surface area contributed by atoms with Crippen LogP contribution >= 0.6 is 11.8 Å². The summed E-state index contributed by atoms with van der Waals surface area (Å²) in [6, 6.07) is 8.19. The van der Waals surface area contributed by atoms with Gasteiger partial charge in [-0.25, -0.2) is 4.98 Å². The maximum Gasteiger partial charge on any atom is 0.273 e. The molecular weight excluding hydrogens is 350 g/mol. The predicted molar refractivity (Wildman–Crippen MR) is 99.5 cm³/mol. The Labute approximate surface area is 156 Å². The molecule has 2 heterocycles. The number of aromatic nitrogens is 4. The highest BCUT2D eigenvalue weighted by Gasteiger charge is 2.15. The van der Waals surface area contributed by atoms with Crippen molar-refractivity contribution in [2.24, 2.45) is 0 Å². The number of oxazole rings is 1. The first-order valence-electron chi connectivity index (χ1n) is 8.43. The van der Waals surface area contributed by atoms with Crippen molar-refractivity contribution in [1.82, 2.24) is 25.1 Å². The zero-order chi connectivity index (χ0) is 18.5. The van der Waals surface area contributed by atoms with Gasteiger partial charge in [0.25, 0.3) is 5.91 Å². The van der Waals surface area contributed by atoms with Gasteiger partial charge < -0.3 is 9.73 Å². The first kappa shape index (κ1) is 18.2. The molecule has 0 fully saturated rings. The van der Waals surface area contributed by atoms with E-state index in [0.29, 0.717) is 23.9 Å². The first-order valence-corrected chi connectivity index (χ1v) is 9.41. The van der Waals surface area contributed by atoms with E-state index < -0.39 is 0 Å². The SMILES string of the molecule is CCCNC(=O)c1coc(CSc2nnc(C)n2-c2ccc(C)cc2)n1. The third-order valence-electron chi connectivity index (χ3n) is 3.73. The van der Waals surface area contributed by atoms with Gasteiger partial charge in [0, 0.05) is 12.2 Å². The van der Waals surface area contributed by atoms with Crippen molar-refractivity contribution in [3.8, 4) is 5.69 Å². The molecule has 136 valence electrons. The van der Waals surface area contributed by atoms with Crippen molar-refractivity contribution in [2.75, 3.05) is 6.54 Å². The molecule has 0 radical (unpaired) electrons. The van der Waals surface area contributed by atoms with Gasteiger partial charge in [-0.05, 0) is 32.4 Å². The lowest BCUT2D eigenvalue weighted by molar-refractivity contribution is 0.0948. The summed E-state index contributed by atoms with van der Waals surface area (Å²) in [5.74, 6) is 1.53. The molecule has 0 saturated heterocycles. The maximum atomic E-state index is 11.9. The molecule has 0 aliphatic carbocycles. The van der Waals surface area contributed by atoms with Crippen LogP contribution in [0.3, 0.4) is 0 Å². The van der Waals surface area contributed by atoms with Gasteiger partial charge in [-0.15, -0.1) is 10.2 Å². The van der Waals surface area contributed by atoms with Crippen molar-refractivity contribution < 1.29 is 9.21 Å². The molecule has 0 bridgehead atoms. The number of nitrogens with zero attached hydrogens (tertiary/aromatic N) is 4. The van der Waals surface area contributed by atoms with Crippen LogP contribution in [0.15, 0.2) is 40.1 Å². The largest absolute Gasteiger partial charge is 0.447 e. The Morgan fingerprint density at radius 2 is 2.00 bits per heavy atom. The van der Waals surface area contributed by atoms with Gasteiger partial charge in [0.05, 0.1) is 5.75 Å². The first-order chi connectivity index (χ1) is 12.6. The van der Waals surface area contributed by atoms with Crippen molar-refractivity contribution in [1.29, 1.82) is 0 Å². The number of benzene rings is 1. The van der Waals surface area contributed by atoms with Gasteiger partial charge in [0.2, 0.25) is 5.89 Å². The fourth-order valence-corrected chi connectivity index (χ4v) is 3.21. The Kier molecular flexibility index (Phi) is 5.72. The van der Waals surface area contributed by atoms with Gasteiger partial charge >= 0.3 is 0 Å². The van der Waals surface area contributed by atoms with Crippen molar-refractivity contribution >= 4 is 17.7 Å². The van der Waals surface area contributed by atoms with E-state index >= 15 is 0 Å². The summed E-state index contributed by atoms with van der Waals surface area (Å²) < 4.78 is 7.39. The van der Waals surface area contributed by atoms with E-state index in [2.05, 4.69) is 39.6 Å². The molecule has 0 aliphatic heterocycles. The Morgan fingerprint density at radius 3 is 2.73 bits per heavy atom. The molecule has 2 aromatic heterocycles. The summed E-state index contributed by atoms with van der Waals surface area (Å²) in [6.07, 6.45) is 2.26. The van der Waals surface area contributed by atoms with Gasteiger partial charge in [0.1, 0.15) is 12.1 Å². The van der Waals surface area contributed by atoms with E-state index in [1.807, 2.05) is 30.5 Å². The van der Waals surface area contributed by atoms with Crippen LogP contribution in [-0.4, -0.2) is 32.2 Å². The molecule has 1 N–H and O–H groups in total. The summed E-state index contributed by atoms with van der Waals surface area (Å²) in [5.41, 5.74) is 2.50. The van der Waals surface area contributed by atoms with E-state index in [-0.39, 0.29) is 5.91 Å². The highest BCUT2D eigenvalue weighted by atomic mass is 32.2. The monoisotopic (exact) mass is 371 g/mol. The number of carbonyl (C=O) groups excluding carboxylic acids is 1. The minimum absolute atomic E-state index is 0.217. The molecule has 26 heavy (non-hydrogen) atoms. The second-order valence-corrected chi connectivity index (χ2v) is 6.81. The second kappa shape index (κ2) is 8.18. The minimum atomic E-state index is -0.217. The molecule has 3 aromatic rings. The number of aryl methyl sites for hydroxylation is 2. The molecule has 0 saturated carbocycles.